The third-order valence-corrected chi connectivity index (χ3v) is 2.88. The number of aromatic amines is 1. The maximum absolute atomic E-state index is 6.02. The summed E-state index contributed by atoms with van der Waals surface area (Å²) in [5, 5.41) is 7.09. The standard InChI is InChI=1S/C13H18N4O/c1-8(2)11(14)13-15-12(16-17-13)9-4-6-10(18-3)7-5-9/h4-8,11H,14H2,1-3H3,(H,15,16,17)/t11-/m0/s1. The summed E-state index contributed by atoms with van der Waals surface area (Å²) >= 11 is 0. The van der Waals surface area contributed by atoms with Crippen molar-refractivity contribution in [2.75, 3.05) is 7.11 Å². The summed E-state index contributed by atoms with van der Waals surface area (Å²) in [4.78, 5) is 4.42. The molecular formula is C13H18N4O. The van der Waals surface area contributed by atoms with E-state index >= 15 is 0 Å². The molecule has 1 aromatic heterocycles. The molecule has 0 spiro atoms. The molecule has 0 aliphatic rings. The molecular weight excluding hydrogens is 228 g/mol. The van der Waals surface area contributed by atoms with E-state index in [2.05, 4.69) is 29.0 Å². The highest BCUT2D eigenvalue weighted by molar-refractivity contribution is 5.55. The molecule has 0 fully saturated rings. The zero-order chi connectivity index (χ0) is 13.1. The van der Waals surface area contributed by atoms with Crippen LogP contribution >= 0.6 is 0 Å². The van der Waals surface area contributed by atoms with E-state index in [0.29, 0.717) is 11.7 Å². The number of nitrogens with zero attached hydrogens (tertiary/aromatic N) is 2. The molecule has 0 unspecified atom stereocenters. The quantitative estimate of drug-likeness (QED) is 0.866. The van der Waals surface area contributed by atoms with Crippen molar-refractivity contribution >= 4 is 0 Å². The van der Waals surface area contributed by atoms with Gasteiger partial charge in [-0.1, -0.05) is 13.8 Å². The molecule has 1 aromatic carbocycles. The molecule has 0 aliphatic carbocycles. The Balaban J connectivity index is 2.23. The molecule has 1 atom stereocenters. The van der Waals surface area contributed by atoms with Crippen LogP contribution in [0.3, 0.4) is 0 Å². The number of hydrogen-bond acceptors (Lipinski definition) is 4. The van der Waals surface area contributed by atoms with Gasteiger partial charge in [0.05, 0.1) is 13.2 Å². The van der Waals surface area contributed by atoms with E-state index in [9.17, 15) is 0 Å². The summed E-state index contributed by atoms with van der Waals surface area (Å²) in [6.07, 6.45) is 0. The first-order valence-corrected chi connectivity index (χ1v) is 5.94. The number of H-pyrrole nitrogens is 1. The van der Waals surface area contributed by atoms with Crippen LogP contribution in [0.15, 0.2) is 24.3 Å². The van der Waals surface area contributed by atoms with Crippen molar-refractivity contribution in [3.05, 3.63) is 30.1 Å². The van der Waals surface area contributed by atoms with Crippen molar-refractivity contribution in [2.45, 2.75) is 19.9 Å². The Bertz CT molecular complexity index is 504. The normalized spacial score (nSPS) is 12.7. The van der Waals surface area contributed by atoms with E-state index in [0.717, 1.165) is 17.1 Å². The van der Waals surface area contributed by atoms with Crippen LogP contribution in [0.5, 0.6) is 5.75 Å². The molecule has 0 saturated carbocycles. The molecule has 0 bridgehead atoms. The van der Waals surface area contributed by atoms with Gasteiger partial charge in [-0.3, -0.25) is 5.10 Å². The van der Waals surface area contributed by atoms with Crippen LogP contribution in [0, 0.1) is 5.92 Å². The van der Waals surface area contributed by atoms with Gasteiger partial charge in [-0.15, -0.1) is 0 Å². The average Bonchev–Trinajstić information content (AvgIpc) is 2.87. The van der Waals surface area contributed by atoms with E-state index in [1.807, 2.05) is 24.3 Å². The molecule has 2 rings (SSSR count). The van der Waals surface area contributed by atoms with Crippen molar-refractivity contribution in [1.29, 1.82) is 0 Å². The largest absolute Gasteiger partial charge is 0.497 e. The van der Waals surface area contributed by atoms with Gasteiger partial charge in [0, 0.05) is 5.56 Å². The zero-order valence-electron chi connectivity index (χ0n) is 10.8. The van der Waals surface area contributed by atoms with Gasteiger partial charge in [0.2, 0.25) is 0 Å². The van der Waals surface area contributed by atoms with Crippen LogP contribution < -0.4 is 10.5 Å². The predicted octanol–water partition coefficient (Wildman–Crippen LogP) is 2.14. The second kappa shape index (κ2) is 5.18. The molecule has 0 saturated heterocycles. The van der Waals surface area contributed by atoms with Crippen molar-refractivity contribution in [3.8, 4) is 17.1 Å². The monoisotopic (exact) mass is 246 g/mol. The number of ether oxygens (including phenoxy) is 1. The number of rotatable bonds is 4. The van der Waals surface area contributed by atoms with Gasteiger partial charge in [0.1, 0.15) is 11.6 Å². The van der Waals surface area contributed by atoms with E-state index < -0.39 is 0 Å². The molecule has 0 amide bonds. The Morgan fingerprint density at radius 3 is 2.44 bits per heavy atom. The minimum Gasteiger partial charge on any atom is -0.497 e. The Morgan fingerprint density at radius 2 is 1.89 bits per heavy atom. The third-order valence-electron chi connectivity index (χ3n) is 2.88. The van der Waals surface area contributed by atoms with Crippen LogP contribution in [0.1, 0.15) is 25.7 Å². The van der Waals surface area contributed by atoms with Crippen LogP contribution in [-0.4, -0.2) is 22.3 Å². The van der Waals surface area contributed by atoms with Crippen molar-refractivity contribution in [3.63, 3.8) is 0 Å². The maximum atomic E-state index is 6.02. The number of methoxy groups -OCH3 is 1. The summed E-state index contributed by atoms with van der Waals surface area (Å²) in [6.45, 7) is 4.11. The highest BCUT2D eigenvalue weighted by Crippen LogP contribution is 2.21. The first kappa shape index (κ1) is 12.6. The molecule has 0 aliphatic heterocycles. The summed E-state index contributed by atoms with van der Waals surface area (Å²) < 4.78 is 5.11. The van der Waals surface area contributed by atoms with Crippen LogP contribution in [0.4, 0.5) is 0 Å². The minimum absolute atomic E-state index is 0.121. The van der Waals surface area contributed by atoms with Crippen molar-refractivity contribution in [2.24, 2.45) is 11.7 Å². The lowest BCUT2D eigenvalue weighted by molar-refractivity contribution is 0.415. The number of aromatic nitrogens is 3. The molecule has 18 heavy (non-hydrogen) atoms. The second-order valence-electron chi connectivity index (χ2n) is 4.54. The van der Waals surface area contributed by atoms with Gasteiger partial charge in [0.15, 0.2) is 5.82 Å². The zero-order valence-corrected chi connectivity index (χ0v) is 10.8. The van der Waals surface area contributed by atoms with Crippen LogP contribution in [0.2, 0.25) is 0 Å². The summed E-state index contributed by atoms with van der Waals surface area (Å²) in [6, 6.07) is 7.49. The first-order valence-electron chi connectivity index (χ1n) is 5.94. The van der Waals surface area contributed by atoms with Gasteiger partial charge in [0.25, 0.3) is 0 Å². The van der Waals surface area contributed by atoms with Crippen LogP contribution in [-0.2, 0) is 0 Å². The fourth-order valence-electron chi connectivity index (χ4n) is 1.61. The lowest BCUT2D eigenvalue weighted by atomic mass is 10.1. The fourth-order valence-corrected chi connectivity index (χ4v) is 1.61. The maximum Gasteiger partial charge on any atom is 0.181 e. The Labute approximate surface area is 106 Å². The van der Waals surface area contributed by atoms with Gasteiger partial charge in [-0.25, -0.2) is 4.98 Å². The SMILES string of the molecule is COc1ccc(-c2n[nH]c([C@@H](N)C(C)C)n2)cc1. The highest BCUT2D eigenvalue weighted by Gasteiger charge is 2.15. The number of nitrogens with one attached hydrogen (secondary N) is 1. The molecule has 0 radical (unpaired) electrons. The number of nitrogens with two attached hydrogens (primary N) is 1. The topological polar surface area (TPSA) is 76.8 Å². The predicted molar refractivity (Wildman–Crippen MR) is 70.1 cm³/mol. The second-order valence-corrected chi connectivity index (χ2v) is 4.54. The third kappa shape index (κ3) is 2.51. The Kier molecular flexibility index (Phi) is 3.62. The molecule has 5 heteroatoms. The molecule has 2 aromatic rings. The molecule has 3 N–H and O–H groups in total. The van der Waals surface area contributed by atoms with Crippen molar-refractivity contribution in [1.82, 2.24) is 15.2 Å². The molecule has 5 nitrogen and oxygen atoms in total. The van der Waals surface area contributed by atoms with Gasteiger partial charge in [-0.2, -0.15) is 5.10 Å². The average molecular weight is 246 g/mol. The van der Waals surface area contributed by atoms with E-state index in [1.54, 1.807) is 7.11 Å². The van der Waals surface area contributed by atoms with Gasteiger partial charge < -0.3 is 10.5 Å². The molecule has 1 heterocycles. The summed E-state index contributed by atoms with van der Waals surface area (Å²) in [5.41, 5.74) is 6.96. The Hall–Kier alpha value is -1.88. The number of benzene rings is 1. The van der Waals surface area contributed by atoms with Gasteiger partial charge >= 0.3 is 0 Å². The van der Waals surface area contributed by atoms with E-state index in [4.69, 9.17) is 10.5 Å². The van der Waals surface area contributed by atoms with Crippen molar-refractivity contribution < 1.29 is 4.74 Å². The lowest BCUT2D eigenvalue weighted by Crippen LogP contribution is -2.18. The smallest absolute Gasteiger partial charge is 0.181 e. The summed E-state index contributed by atoms with van der Waals surface area (Å²) in [5.74, 6) is 2.51. The summed E-state index contributed by atoms with van der Waals surface area (Å²) in [7, 11) is 1.64. The highest BCUT2D eigenvalue weighted by atomic mass is 16.5. The Morgan fingerprint density at radius 1 is 1.22 bits per heavy atom. The van der Waals surface area contributed by atoms with E-state index in [-0.39, 0.29) is 6.04 Å². The van der Waals surface area contributed by atoms with E-state index in [1.165, 1.54) is 0 Å². The first-order chi connectivity index (χ1) is 8.61. The fraction of sp³-hybridized carbons (Fsp3) is 0.385. The van der Waals surface area contributed by atoms with Gasteiger partial charge in [-0.05, 0) is 30.2 Å². The lowest BCUT2D eigenvalue weighted by Gasteiger charge is -2.11. The molecule has 96 valence electrons. The van der Waals surface area contributed by atoms with Crippen LogP contribution in [0.25, 0.3) is 11.4 Å². The number of hydrogen-bond donors (Lipinski definition) is 2. The minimum atomic E-state index is -0.121.